The van der Waals surface area contributed by atoms with E-state index in [-0.39, 0.29) is 24.4 Å². The molecule has 1 aliphatic rings. The zero-order valence-corrected chi connectivity index (χ0v) is 12.3. The van der Waals surface area contributed by atoms with Gasteiger partial charge in [0.25, 0.3) is 0 Å². The smallest absolute Gasteiger partial charge is 0.319 e. The Labute approximate surface area is 118 Å². The monoisotopic (exact) mass is 285 g/mol. The minimum Gasteiger partial charge on any atom is -0.481 e. The highest BCUT2D eigenvalue weighted by molar-refractivity contribution is 5.80. The number of hydrogen-bond donors (Lipinski definition) is 2. The summed E-state index contributed by atoms with van der Waals surface area (Å²) in [5, 5.41) is 11.5. The molecule has 0 bridgehead atoms. The van der Waals surface area contributed by atoms with E-state index in [2.05, 4.69) is 5.32 Å². The van der Waals surface area contributed by atoms with Crippen LogP contribution in [-0.4, -0.2) is 66.5 Å². The van der Waals surface area contributed by atoms with Crippen molar-refractivity contribution in [2.75, 3.05) is 33.7 Å². The molecule has 2 unspecified atom stereocenters. The zero-order valence-electron chi connectivity index (χ0n) is 12.3. The highest BCUT2D eigenvalue weighted by Gasteiger charge is 2.30. The molecular formula is C13H23N3O4. The summed E-state index contributed by atoms with van der Waals surface area (Å²) in [6.07, 6.45) is 1.56. The van der Waals surface area contributed by atoms with Crippen LogP contribution in [0.1, 0.15) is 19.8 Å². The molecule has 2 atom stereocenters. The van der Waals surface area contributed by atoms with Gasteiger partial charge < -0.3 is 20.2 Å². The van der Waals surface area contributed by atoms with Crippen molar-refractivity contribution in [2.24, 2.45) is 11.8 Å². The minimum absolute atomic E-state index is 0.0518. The average molecular weight is 285 g/mol. The first-order chi connectivity index (χ1) is 9.36. The second kappa shape index (κ2) is 7.12. The van der Waals surface area contributed by atoms with Gasteiger partial charge in [-0.25, -0.2) is 4.79 Å². The Morgan fingerprint density at radius 2 is 2.10 bits per heavy atom. The number of amides is 3. The van der Waals surface area contributed by atoms with E-state index in [1.54, 1.807) is 25.9 Å². The van der Waals surface area contributed by atoms with Gasteiger partial charge in [0.05, 0.1) is 11.8 Å². The van der Waals surface area contributed by atoms with E-state index in [9.17, 15) is 14.4 Å². The largest absolute Gasteiger partial charge is 0.481 e. The fourth-order valence-corrected chi connectivity index (χ4v) is 2.38. The van der Waals surface area contributed by atoms with E-state index in [0.29, 0.717) is 13.1 Å². The van der Waals surface area contributed by atoms with Crippen LogP contribution in [0.15, 0.2) is 0 Å². The Kier molecular flexibility index (Phi) is 5.79. The summed E-state index contributed by atoms with van der Waals surface area (Å²) >= 11 is 0. The summed E-state index contributed by atoms with van der Waals surface area (Å²) < 4.78 is 0. The first-order valence-electron chi connectivity index (χ1n) is 6.81. The number of urea groups is 1. The summed E-state index contributed by atoms with van der Waals surface area (Å²) in [5.74, 6) is -1.76. The van der Waals surface area contributed by atoms with Gasteiger partial charge in [-0.1, -0.05) is 6.92 Å². The van der Waals surface area contributed by atoms with Gasteiger partial charge in [0.2, 0.25) is 5.91 Å². The number of rotatable bonds is 4. The molecule has 3 amide bonds. The summed E-state index contributed by atoms with van der Waals surface area (Å²) in [4.78, 5) is 37.7. The lowest BCUT2D eigenvalue weighted by Crippen LogP contribution is -2.50. The third-order valence-corrected chi connectivity index (χ3v) is 3.60. The van der Waals surface area contributed by atoms with Crippen LogP contribution in [0.5, 0.6) is 0 Å². The molecule has 0 aromatic carbocycles. The average Bonchev–Trinajstić information content (AvgIpc) is 2.45. The molecule has 0 spiro atoms. The molecule has 2 N–H and O–H groups in total. The van der Waals surface area contributed by atoms with E-state index in [4.69, 9.17) is 5.11 Å². The van der Waals surface area contributed by atoms with Crippen molar-refractivity contribution in [3.05, 3.63) is 0 Å². The molecule has 1 fully saturated rings. The molecule has 1 rings (SSSR count). The molecule has 0 saturated carbocycles. The van der Waals surface area contributed by atoms with Crippen LogP contribution in [0.25, 0.3) is 0 Å². The normalized spacial score (nSPS) is 20.1. The molecule has 1 saturated heterocycles. The van der Waals surface area contributed by atoms with Gasteiger partial charge in [-0.15, -0.1) is 0 Å². The summed E-state index contributed by atoms with van der Waals surface area (Å²) in [6, 6.07) is -0.216. The lowest BCUT2D eigenvalue weighted by molar-refractivity contribution is -0.141. The maximum absolute atomic E-state index is 12.2. The third kappa shape index (κ3) is 4.11. The van der Waals surface area contributed by atoms with Crippen molar-refractivity contribution >= 4 is 17.9 Å². The number of likely N-dealkylation sites (tertiary alicyclic amines) is 1. The molecule has 114 valence electrons. The van der Waals surface area contributed by atoms with Crippen LogP contribution < -0.4 is 5.32 Å². The Balaban J connectivity index is 2.57. The summed E-state index contributed by atoms with van der Waals surface area (Å²) in [6.45, 7) is 2.73. The Morgan fingerprint density at radius 1 is 1.45 bits per heavy atom. The zero-order chi connectivity index (χ0) is 15.3. The summed E-state index contributed by atoms with van der Waals surface area (Å²) in [7, 11) is 3.18. The number of aliphatic carboxylic acids is 1. The lowest BCUT2D eigenvalue weighted by Gasteiger charge is -2.35. The quantitative estimate of drug-likeness (QED) is 0.773. The van der Waals surface area contributed by atoms with E-state index in [0.717, 1.165) is 12.8 Å². The van der Waals surface area contributed by atoms with Gasteiger partial charge >= 0.3 is 12.0 Å². The first kappa shape index (κ1) is 16.3. The minimum atomic E-state index is -0.925. The maximum Gasteiger partial charge on any atom is 0.319 e. The van der Waals surface area contributed by atoms with Crippen molar-refractivity contribution in [1.82, 2.24) is 15.1 Å². The van der Waals surface area contributed by atoms with Crippen molar-refractivity contribution in [1.29, 1.82) is 0 Å². The highest BCUT2D eigenvalue weighted by atomic mass is 16.4. The van der Waals surface area contributed by atoms with Crippen molar-refractivity contribution < 1.29 is 19.5 Å². The molecule has 1 aliphatic heterocycles. The molecule has 1 heterocycles. The van der Waals surface area contributed by atoms with Crippen LogP contribution in [0, 0.1) is 11.8 Å². The summed E-state index contributed by atoms with van der Waals surface area (Å²) in [5.41, 5.74) is 0. The number of piperidine rings is 1. The fraction of sp³-hybridized carbons (Fsp3) is 0.769. The number of carbonyl (C=O) groups excluding carboxylic acids is 2. The van der Waals surface area contributed by atoms with Crippen LogP contribution >= 0.6 is 0 Å². The number of carboxylic acids is 1. The van der Waals surface area contributed by atoms with Gasteiger partial charge in [-0.3, -0.25) is 9.59 Å². The number of hydrogen-bond acceptors (Lipinski definition) is 3. The van der Waals surface area contributed by atoms with E-state index >= 15 is 0 Å². The number of nitrogens with one attached hydrogen (secondary N) is 1. The van der Waals surface area contributed by atoms with Crippen molar-refractivity contribution in [3.8, 4) is 0 Å². The lowest BCUT2D eigenvalue weighted by atomic mass is 9.97. The second-order valence-corrected chi connectivity index (χ2v) is 5.30. The number of nitrogens with zero attached hydrogens (tertiary/aromatic N) is 2. The topological polar surface area (TPSA) is 90.0 Å². The van der Waals surface area contributed by atoms with Gasteiger partial charge in [0.1, 0.15) is 0 Å². The predicted octanol–water partition coefficient (Wildman–Crippen LogP) is 0.217. The molecule has 0 radical (unpaired) electrons. The van der Waals surface area contributed by atoms with Gasteiger partial charge in [-0.05, 0) is 12.8 Å². The number of carbonyl (C=O) groups is 3. The van der Waals surface area contributed by atoms with Gasteiger partial charge in [0, 0.05) is 33.7 Å². The molecule has 0 aliphatic carbocycles. The highest BCUT2D eigenvalue weighted by Crippen LogP contribution is 2.18. The molecule has 0 aromatic rings. The van der Waals surface area contributed by atoms with Crippen molar-refractivity contribution in [3.63, 3.8) is 0 Å². The van der Waals surface area contributed by atoms with E-state index in [1.807, 2.05) is 0 Å². The van der Waals surface area contributed by atoms with Crippen LogP contribution in [0.4, 0.5) is 4.79 Å². The van der Waals surface area contributed by atoms with Gasteiger partial charge in [0.15, 0.2) is 0 Å². The van der Waals surface area contributed by atoms with Crippen LogP contribution in [0.3, 0.4) is 0 Å². The van der Waals surface area contributed by atoms with Crippen molar-refractivity contribution in [2.45, 2.75) is 19.8 Å². The standard InChI is InChI=1S/C13H23N3O4/c1-9(12(18)19)7-15(3)13(20)16-6-4-5-10(8-16)11(17)14-2/h9-10H,4-8H2,1-3H3,(H,14,17)(H,18,19). The van der Waals surface area contributed by atoms with E-state index < -0.39 is 11.9 Å². The molecule has 7 nitrogen and oxygen atoms in total. The first-order valence-corrected chi connectivity index (χ1v) is 6.81. The second-order valence-electron chi connectivity index (χ2n) is 5.30. The molecular weight excluding hydrogens is 262 g/mol. The van der Waals surface area contributed by atoms with Gasteiger partial charge in [-0.2, -0.15) is 0 Å². The van der Waals surface area contributed by atoms with Crippen LogP contribution in [0.2, 0.25) is 0 Å². The molecule has 0 aromatic heterocycles. The van der Waals surface area contributed by atoms with Crippen LogP contribution in [-0.2, 0) is 9.59 Å². The Morgan fingerprint density at radius 3 is 2.65 bits per heavy atom. The number of carboxylic acid groups (broad SMARTS) is 1. The van der Waals surface area contributed by atoms with E-state index in [1.165, 1.54) is 4.90 Å². The molecule has 7 heteroatoms. The SMILES string of the molecule is CNC(=O)C1CCCN(C(=O)N(C)CC(C)C(=O)O)C1. The maximum atomic E-state index is 12.2. The third-order valence-electron chi connectivity index (χ3n) is 3.60. The fourth-order valence-electron chi connectivity index (χ4n) is 2.38. The predicted molar refractivity (Wildman–Crippen MR) is 73.2 cm³/mol. The Bertz CT molecular complexity index is 386. The Hall–Kier alpha value is -1.79. The molecule has 20 heavy (non-hydrogen) atoms.